The first-order valence-electron chi connectivity index (χ1n) is 7.48. The molecule has 1 aliphatic rings. The number of hydrogen-bond acceptors (Lipinski definition) is 2. The molecule has 2 N–H and O–H groups in total. The molecule has 1 aromatic carbocycles. The van der Waals surface area contributed by atoms with E-state index in [9.17, 15) is 0 Å². The van der Waals surface area contributed by atoms with Crippen LogP contribution in [0.2, 0.25) is 0 Å². The summed E-state index contributed by atoms with van der Waals surface area (Å²) in [7, 11) is 0. The summed E-state index contributed by atoms with van der Waals surface area (Å²) in [4.78, 5) is 2.47. The molecule has 1 heterocycles. The molecule has 2 nitrogen and oxygen atoms in total. The van der Waals surface area contributed by atoms with E-state index in [1.54, 1.807) is 0 Å². The summed E-state index contributed by atoms with van der Waals surface area (Å²) in [6.07, 6.45) is 1.12. The zero-order valence-corrected chi connectivity index (χ0v) is 12.8. The monoisotopic (exact) mass is 260 g/mol. The van der Waals surface area contributed by atoms with Crippen molar-refractivity contribution < 1.29 is 0 Å². The van der Waals surface area contributed by atoms with Gasteiger partial charge in [-0.3, -0.25) is 0 Å². The third-order valence-corrected chi connectivity index (χ3v) is 4.25. The number of benzene rings is 1. The maximum absolute atomic E-state index is 6.19. The van der Waals surface area contributed by atoms with E-state index in [4.69, 9.17) is 5.73 Å². The van der Waals surface area contributed by atoms with E-state index in [0.29, 0.717) is 12.0 Å². The Morgan fingerprint density at radius 1 is 1.16 bits per heavy atom. The van der Waals surface area contributed by atoms with Crippen LogP contribution < -0.4 is 5.73 Å². The van der Waals surface area contributed by atoms with Crippen LogP contribution in [0.1, 0.15) is 51.2 Å². The van der Waals surface area contributed by atoms with Gasteiger partial charge in [-0.05, 0) is 35.4 Å². The van der Waals surface area contributed by atoms with Crippen molar-refractivity contribution in [2.24, 2.45) is 5.73 Å². The highest BCUT2D eigenvalue weighted by Crippen LogP contribution is 2.29. The number of nitrogens with zero attached hydrogens (tertiary/aromatic N) is 1. The molecular weight excluding hydrogens is 232 g/mol. The van der Waals surface area contributed by atoms with Gasteiger partial charge in [-0.25, -0.2) is 0 Å². The highest BCUT2D eigenvalue weighted by Gasteiger charge is 2.25. The van der Waals surface area contributed by atoms with Crippen molar-refractivity contribution in [3.05, 3.63) is 35.4 Å². The average Bonchev–Trinajstić information content (AvgIpc) is 2.37. The van der Waals surface area contributed by atoms with Gasteiger partial charge in [-0.1, -0.05) is 52.0 Å². The Hall–Kier alpha value is -0.860. The molecule has 1 aliphatic heterocycles. The molecule has 1 fully saturated rings. The fourth-order valence-electron chi connectivity index (χ4n) is 2.99. The van der Waals surface area contributed by atoms with Gasteiger partial charge in [-0.2, -0.15) is 0 Å². The molecule has 0 saturated carbocycles. The second kappa shape index (κ2) is 5.64. The topological polar surface area (TPSA) is 29.3 Å². The Labute approximate surface area is 118 Å². The second-order valence-electron chi connectivity index (χ2n) is 6.92. The van der Waals surface area contributed by atoms with E-state index in [0.717, 1.165) is 26.1 Å². The third kappa shape index (κ3) is 3.58. The van der Waals surface area contributed by atoms with Crippen LogP contribution in [-0.2, 0) is 5.41 Å². The van der Waals surface area contributed by atoms with Crippen LogP contribution in [0, 0.1) is 0 Å². The molecule has 1 saturated heterocycles. The third-order valence-electron chi connectivity index (χ3n) is 4.25. The van der Waals surface area contributed by atoms with Crippen LogP contribution in [0.25, 0.3) is 0 Å². The van der Waals surface area contributed by atoms with Crippen molar-refractivity contribution in [1.29, 1.82) is 0 Å². The summed E-state index contributed by atoms with van der Waals surface area (Å²) in [6, 6.07) is 9.49. The molecule has 2 atom stereocenters. The molecule has 0 aliphatic carbocycles. The Morgan fingerprint density at radius 2 is 1.79 bits per heavy atom. The minimum absolute atomic E-state index is 0.233. The summed E-state index contributed by atoms with van der Waals surface area (Å²) in [5, 5.41) is 0. The fourth-order valence-corrected chi connectivity index (χ4v) is 2.99. The van der Waals surface area contributed by atoms with Gasteiger partial charge in [0.25, 0.3) is 0 Å². The number of piperidine rings is 1. The van der Waals surface area contributed by atoms with Crippen molar-refractivity contribution in [1.82, 2.24) is 4.90 Å². The number of rotatable bonds is 2. The average molecular weight is 260 g/mol. The van der Waals surface area contributed by atoms with Gasteiger partial charge in [0.15, 0.2) is 0 Å². The van der Waals surface area contributed by atoms with Gasteiger partial charge in [0.2, 0.25) is 0 Å². The quantitative estimate of drug-likeness (QED) is 0.885. The lowest BCUT2D eigenvalue weighted by Gasteiger charge is -2.36. The van der Waals surface area contributed by atoms with Gasteiger partial charge >= 0.3 is 0 Å². The Balaban J connectivity index is 2.13. The van der Waals surface area contributed by atoms with Crippen molar-refractivity contribution in [2.45, 2.75) is 51.5 Å². The first kappa shape index (κ1) is 14.5. The molecule has 2 unspecified atom stereocenters. The predicted octanol–water partition coefficient (Wildman–Crippen LogP) is 3.12. The van der Waals surface area contributed by atoms with Gasteiger partial charge in [-0.15, -0.1) is 0 Å². The Kier molecular flexibility index (Phi) is 4.32. The standard InChI is InChI=1S/C17H28N2/c1-5-19-11-14(10-16(18)12-19)13-6-8-15(9-7-13)17(2,3)4/h6-9,14,16H,5,10-12,18H2,1-4H3. The van der Waals surface area contributed by atoms with Crippen LogP contribution in [0.15, 0.2) is 24.3 Å². The molecule has 2 heteroatoms. The van der Waals surface area contributed by atoms with E-state index in [1.165, 1.54) is 11.1 Å². The largest absolute Gasteiger partial charge is 0.327 e. The number of hydrogen-bond donors (Lipinski definition) is 1. The van der Waals surface area contributed by atoms with E-state index in [-0.39, 0.29) is 5.41 Å². The summed E-state index contributed by atoms with van der Waals surface area (Å²) in [5.74, 6) is 0.595. The lowest BCUT2D eigenvalue weighted by atomic mass is 9.83. The molecule has 19 heavy (non-hydrogen) atoms. The van der Waals surface area contributed by atoms with Crippen LogP contribution >= 0.6 is 0 Å². The molecule has 1 aromatic rings. The molecular formula is C17H28N2. The van der Waals surface area contributed by atoms with Crippen LogP contribution in [0.4, 0.5) is 0 Å². The summed E-state index contributed by atoms with van der Waals surface area (Å²) >= 11 is 0. The number of likely N-dealkylation sites (N-methyl/N-ethyl adjacent to an activating group) is 1. The maximum Gasteiger partial charge on any atom is 0.0174 e. The van der Waals surface area contributed by atoms with Crippen molar-refractivity contribution in [3.8, 4) is 0 Å². The van der Waals surface area contributed by atoms with Crippen LogP contribution in [0.3, 0.4) is 0 Å². The molecule has 0 radical (unpaired) electrons. The Bertz CT molecular complexity index is 402. The highest BCUT2D eigenvalue weighted by molar-refractivity contribution is 5.30. The molecule has 0 spiro atoms. The van der Waals surface area contributed by atoms with Gasteiger partial charge < -0.3 is 10.6 Å². The second-order valence-corrected chi connectivity index (χ2v) is 6.92. The van der Waals surface area contributed by atoms with E-state index < -0.39 is 0 Å². The van der Waals surface area contributed by atoms with E-state index in [2.05, 4.69) is 56.9 Å². The zero-order chi connectivity index (χ0) is 14.0. The van der Waals surface area contributed by atoms with Crippen molar-refractivity contribution in [2.75, 3.05) is 19.6 Å². The summed E-state index contributed by atoms with van der Waals surface area (Å²) in [5.41, 5.74) is 9.27. The van der Waals surface area contributed by atoms with Gasteiger partial charge in [0.05, 0.1) is 0 Å². The first-order chi connectivity index (χ1) is 8.90. The zero-order valence-electron chi connectivity index (χ0n) is 12.8. The Morgan fingerprint density at radius 3 is 2.32 bits per heavy atom. The minimum atomic E-state index is 0.233. The number of likely N-dealkylation sites (tertiary alicyclic amines) is 1. The molecule has 106 valence electrons. The van der Waals surface area contributed by atoms with Gasteiger partial charge in [0.1, 0.15) is 0 Å². The number of nitrogens with two attached hydrogens (primary N) is 1. The lowest BCUT2D eigenvalue weighted by molar-refractivity contribution is 0.197. The lowest BCUT2D eigenvalue weighted by Crippen LogP contribution is -2.45. The maximum atomic E-state index is 6.19. The van der Waals surface area contributed by atoms with E-state index >= 15 is 0 Å². The minimum Gasteiger partial charge on any atom is -0.327 e. The van der Waals surface area contributed by atoms with Crippen LogP contribution in [0.5, 0.6) is 0 Å². The predicted molar refractivity (Wildman–Crippen MR) is 82.6 cm³/mol. The first-order valence-corrected chi connectivity index (χ1v) is 7.48. The SMILES string of the molecule is CCN1CC(N)CC(c2ccc(C(C)(C)C)cc2)C1. The highest BCUT2D eigenvalue weighted by atomic mass is 15.1. The normalized spacial score (nSPS) is 25.5. The smallest absolute Gasteiger partial charge is 0.0174 e. The van der Waals surface area contributed by atoms with Crippen LogP contribution in [-0.4, -0.2) is 30.6 Å². The molecule has 2 rings (SSSR count). The van der Waals surface area contributed by atoms with Crippen molar-refractivity contribution >= 4 is 0 Å². The summed E-state index contributed by atoms with van der Waals surface area (Å²) in [6.45, 7) is 12.3. The fraction of sp³-hybridized carbons (Fsp3) is 0.647. The van der Waals surface area contributed by atoms with Gasteiger partial charge in [0, 0.05) is 19.1 Å². The van der Waals surface area contributed by atoms with Crippen molar-refractivity contribution in [3.63, 3.8) is 0 Å². The van der Waals surface area contributed by atoms with E-state index in [1.807, 2.05) is 0 Å². The molecule has 0 bridgehead atoms. The molecule has 0 amide bonds. The summed E-state index contributed by atoms with van der Waals surface area (Å²) < 4.78 is 0. The molecule has 0 aromatic heterocycles.